The third kappa shape index (κ3) is 3.17. The van der Waals surface area contributed by atoms with Gasteiger partial charge in [-0.25, -0.2) is 8.78 Å². The quantitative estimate of drug-likeness (QED) is 0.538. The standard InChI is InChI=1S/C17H13Cl2F2N2OP/c1-8-15(18)16(19)14-11(23-8)6-10(20)13(17(14)21)9-4-5-12(22-7-9)25(2,3)24/h4-7H,1-3H3. The summed E-state index contributed by atoms with van der Waals surface area (Å²) in [5, 5.41) is 0.0607. The summed E-state index contributed by atoms with van der Waals surface area (Å²) in [4.78, 5) is 8.16. The molecule has 25 heavy (non-hydrogen) atoms. The summed E-state index contributed by atoms with van der Waals surface area (Å²) in [6.45, 7) is 4.75. The number of aromatic nitrogens is 2. The van der Waals surface area contributed by atoms with Crippen molar-refractivity contribution in [1.82, 2.24) is 9.97 Å². The molecule has 0 aliphatic heterocycles. The Bertz CT molecular complexity index is 1050. The summed E-state index contributed by atoms with van der Waals surface area (Å²) < 4.78 is 41.6. The lowest BCUT2D eigenvalue weighted by Crippen LogP contribution is -2.07. The van der Waals surface area contributed by atoms with Gasteiger partial charge in [-0.05, 0) is 26.3 Å². The van der Waals surface area contributed by atoms with Crippen molar-refractivity contribution in [3.8, 4) is 11.1 Å². The topological polar surface area (TPSA) is 42.9 Å². The molecule has 3 aromatic rings. The molecule has 2 aromatic heterocycles. The predicted molar refractivity (Wildman–Crippen MR) is 98.7 cm³/mol. The predicted octanol–water partition coefficient (Wildman–Crippen LogP) is 5.44. The van der Waals surface area contributed by atoms with Gasteiger partial charge in [0, 0.05) is 17.8 Å². The highest BCUT2D eigenvalue weighted by molar-refractivity contribution is 7.69. The summed E-state index contributed by atoms with van der Waals surface area (Å²) >= 11 is 12.2. The van der Waals surface area contributed by atoms with Crippen molar-refractivity contribution in [2.45, 2.75) is 6.92 Å². The second-order valence-corrected chi connectivity index (χ2v) is 9.94. The van der Waals surface area contributed by atoms with Crippen LogP contribution in [-0.4, -0.2) is 23.3 Å². The number of pyridine rings is 2. The number of aryl methyl sites for hydroxylation is 1. The van der Waals surface area contributed by atoms with E-state index in [1.807, 2.05) is 0 Å². The van der Waals surface area contributed by atoms with Crippen molar-refractivity contribution in [3.63, 3.8) is 0 Å². The molecule has 0 N–H and O–H groups in total. The molecular formula is C17H13Cl2F2N2OP. The molecule has 0 atom stereocenters. The van der Waals surface area contributed by atoms with E-state index < -0.39 is 18.8 Å². The summed E-state index contributed by atoms with van der Waals surface area (Å²) in [6.07, 6.45) is 1.29. The minimum atomic E-state index is -2.56. The van der Waals surface area contributed by atoms with E-state index in [0.29, 0.717) is 11.1 Å². The summed E-state index contributed by atoms with van der Waals surface area (Å²) in [7, 11) is -2.56. The van der Waals surface area contributed by atoms with Crippen LogP contribution >= 0.6 is 30.3 Å². The Morgan fingerprint density at radius 2 is 1.80 bits per heavy atom. The lowest BCUT2D eigenvalue weighted by Gasteiger charge is -2.12. The third-order valence-electron chi connectivity index (χ3n) is 3.80. The van der Waals surface area contributed by atoms with E-state index in [9.17, 15) is 8.96 Å². The molecule has 0 spiro atoms. The Balaban J connectivity index is 2.28. The van der Waals surface area contributed by atoms with E-state index >= 15 is 4.39 Å². The van der Waals surface area contributed by atoms with Gasteiger partial charge in [0.2, 0.25) is 0 Å². The molecule has 0 unspecified atom stereocenters. The Morgan fingerprint density at radius 3 is 2.36 bits per heavy atom. The van der Waals surface area contributed by atoms with Crippen LogP contribution in [0, 0.1) is 18.6 Å². The van der Waals surface area contributed by atoms with Gasteiger partial charge in [0.15, 0.2) is 0 Å². The highest BCUT2D eigenvalue weighted by Crippen LogP contribution is 2.39. The molecule has 8 heteroatoms. The lowest BCUT2D eigenvalue weighted by atomic mass is 10.0. The molecule has 0 amide bonds. The molecule has 130 valence electrons. The lowest BCUT2D eigenvalue weighted by molar-refractivity contribution is 0.588. The minimum Gasteiger partial charge on any atom is -0.318 e. The highest BCUT2D eigenvalue weighted by atomic mass is 35.5. The van der Waals surface area contributed by atoms with Gasteiger partial charge in [0.25, 0.3) is 0 Å². The third-order valence-corrected chi connectivity index (χ3v) is 6.11. The van der Waals surface area contributed by atoms with Crippen molar-refractivity contribution in [1.29, 1.82) is 0 Å². The molecule has 0 saturated heterocycles. The van der Waals surface area contributed by atoms with Crippen LogP contribution < -0.4 is 5.44 Å². The fraction of sp³-hybridized carbons (Fsp3) is 0.176. The van der Waals surface area contributed by atoms with Gasteiger partial charge in [0.1, 0.15) is 18.8 Å². The number of rotatable bonds is 2. The van der Waals surface area contributed by atoms with E-state index in [2.05, 4.69) is 9.97 Å². The molecular weight excluding hydrogens is 388 g/mol. The number of hydrogen-bond acceptors (Lipinski definition) is 3. The van der Waals surface area contributed by atoms with Gasteiger partial charge in [-0.2, -0.15) is 0 Å². The van der Waals surface area contributed by atoms with E-state index in [4.69, 9.17) is 23.2 Å². The van der Waals surface area contributed by atoms with Crippen LogP contribution in [0.4, 0.5) is 8.78 Å². The monoisotopic (exact) mass is 400 g/mol. The summed E-state index contributed by atoms with van der Waals surface area (Å²) in [5.41, 5.74) is 0.788. The van der Waals surface area contributed by atoms with Gasteiger partial charge in [0.05, 0.1) is 37.6 Å². The van der Waals surface area contributed by atoms with Gasteiger partial charge >= 0.3 is 0 Å². The molecule has 0 fully saturated rings. The van der Waals surface area contributed by atoms with Crippen molar-refractivity contribution >= 4 is 46.7 Å². The zero-order valence-electron chi connectivity index (χ0n) is 13.6. The molecule has 0 bridgehead atoms. The molecule has 0 aliphatic rings. The first-order valence-electron chi connectivity index (χ1n) is 7.26. The number of hydrogen-bond donors (Lipinski definition) is 0. The van der Waals surface area contributed by atoms with Gasteiger partial charge in [-0.15, -0.1) is 0 Å². The van der Waals surface area contributed by atoms with Crippen LogP contribution in [-0.2, 0) is 4.57 Å². The average molecular weight is 401 g/mol. The van der Waals surface area contributed by atoms with Crippen LogP contribution in [0.1, 0.15) is 5.69 Å². The summed E-state index contributed by atoms with van der Waals surface area (Å²) in [5.74, 6) is -1.65. The molecule has 0 aliphatic carbocycles. The second kappa shape index (κ2) is 6.31. The van der Waals surface area contributed by atoms with Crippen molar-refractivity contribution in [2.24, 2.45) is 0 Å². The highest BCUT2D eigenvalue weighted by Gasteiger charge is 2.22. The Kier molecular flexibility index (Phi) is 4.61. The first-order valence-corrected chi connectivity index (χ1v) is 10.6. The fourth-order valence-corrected chi connectivity index (χ4v) is 3.74. The van der Waals surface area contributed by atoms with Gasteiger partial charge < -0.3 is 4.57 Å². The SMILES string of the molecule is Cc1nc2cc(F)c(-c3ccc(P(C)(C)=O)nc3)c(F)c2c(Cl)c1Cl. The van der Waals surface area contributed by atoms with Crippen LogP contribution in [0.3, 0.4) is 0 Å². The van der Waals surface area contributed by atoms with E-state index in [1.165, 1.54) is 18.3 Å². The Labute approximate surface area is 153 Å². The zero-order chi connectivity index (χ0) is 18.5. The first-order chi connectivity index (χ1) is 11.6. The van der Waals surface area contributed by atoms with E-state index in [0.717, 1.165) is 6.07 Å². The molecule has 3 rings (SSSR count). The fourth-order valence-electron chi connectivity index (χ4n) is 2.52. The number of benzene rings is 1. The van der Waals surface area contributed by atoms with Crippen LogP contribution in [0.25, 0.3) is 22.0 Å². The number of nitrogens with zero attached hydrogens (tertiary/aromatic N) is 2. The number of halogens is 4. The average Bonchev–Trinajstić information content (AvgIpc) is 2.52. The van der Waals surface area contributed by atoms with Gasteiger partial charge in [-0.1, -0.05) is 29.3 Å². The molecule has 0 radical (unpaired) electrons. The molecule has 3 nitrogen and oxygen atoms in total. The van der Waals surface area contributed by atoms with Crippen molar-refractivity contribution in [2.75, 3.05) is 13.3 Å². The maximum Gasteiger partial charge on any atom is 0.144 e. The molecule has 1 aromatic carbocycles. The Hall–Kier alpha value is -1.55. The Morgan fingerprint density at radius 1 is 1.12 bits per heavy atom. The normalized spacial score (nSPS) is 12.0. The van der Waals surface area contributed by atoms with Crippen LogP contribution in [0.2, 0.25) is 10.0 Å². The minimum absolute atomic E-state index is 0.0147. The smallest absolute Gasteiger partial charge is 0.144 e. The van der Waals surface area contributed by atoms with Crippen LogP contribution in [0.5, 0.6) is 0 Å². The zero-order valence-corrected chi connectivity index (χ0v) is 16.0. The van der Waals surface area contributed by atoms with Gasteiger partial charge in [-0.3, -0.25) is 9.97 Å². The largest absolute Gasteiger partial charge is 0.318 e. The van der Waals surface area contributed by atoms with E-state index in [-0.39, 0.29) is 32.1 Å². The maximum absolute atomic E-state index is 15.0. The first kappa shape index (κ1) is 18.2. The molecule has 0 saturated carbocycles. The van der Waals surface area contributed by atoms with E-state index in [1.54, 1.807) is 20.3 Å². The van der Waals surface area contributed by atoms with Crippen molar-refractivity contribution in [3.05, 3.63) is 51.8 Å². The molecule has 2 heterocycles. The number of fused-ring (bicyclic) bond motifs is 1. The van der Waals surface area contributed by atoms with Crippen LogP contribution in [0.15, 0.2) is 24.4 Å². The maximum atomic E-state index is 15.0. The van der Waals surface area contributed by atoms with Crippen molar-refractivity contribution < 1.29 is 13.3 Å². The summed E-state index contributed by atoms with van der Waals surface area (Å²) in [6, 6.07) is 4.09. The second-order valence-electron chi connectivity index (χ2n) is 6.02.